The van der Waals surface area contributed by atoms with Gasteiger partial charge in [0.2, 0.25) is 5.91 Å². The van der Waals surface area contributed by atoms with Crippen molar-refractivity contribution >= 4 is 44.8 Å². The summed E-state index contributed by atoms with van der Waals surface area (Å²) >= 11 is 0. The molecular formula is C64H121NO38P5-5. The number of hydrogen-bond donors (Lipinski definition) is 10. The minimum atomic E-state index is -5.29. The first-order chi connectivity index (χ1) is 51.0. The van der Waals surface area contributed by atoms with Crippen LogP contribution in [0.25, 0.3) is 0 Å². The predicted molar refractivity (Wildman–Crippen MR) is 369 cm³/mol. The fourth-order valence-electron chi connectivity index (χ4n) is 11.9. The van der Waals surface area contributed by atoms with Gasteiger partial charge in [0.25, 0.3) is 31.3 Å². The topological polar surface area (TPSA) is 578 Å². The van der Waals surface area contributed by atoms with E-state index in [-0.39, 0.29) is 91.1 Å². The lowest BCUT2D eigenvalue weighted by Gasteiger charge is -2.42. The number of unbranched alkanes of at least 4 members (excludes halogenated alkanes) is 9. The van der Waals surface area contributed by atoms with E-state index in [0.29, 0.717) is 83.5 Å². The van der Waals surface area contributed by atoms with E-state index in [9.17, 15) is 98.0 Å². The van der Waals surface area contributed by atoms with Gasteiger partial charge in [0.05, 0.1) is 116 Å². The van der Waals surface area contributed by atoms with Gasteiger partial charge in [-0.25, -0.2) is 0 Å². The standard InChI is InChI=1S/C64H126NO38P5/c1-44(2)104(76,77)103-50-35-45(3)34-49(50)39-98-108(84,85)99-43-64(40-86-22-19-31-95-105(78,79)92-28-16-10-7-13-25-89-61-46(4)55(70)57(72)51(36-66)100-61,41-87-23-20-32-96-106(80,81)93-29-17-11-8-14-26-90-62-47(5)56(71)58(73)52(37-67)101-62)42-88-24-21-33-97-107(82,83)94-30-18-12-9-15-27-91-63-54(65-48(6)69)60(75)59(74)53(38-68)102-63/h44-47,49-63,66-68,70-75H,7-43H2,1-6H3,(H,65,69)(H,76,77)(H,78,79)(H,80,81)(H,82,83)(H,84,85)/p-5/t45-,46?,47?,49-,50?,51?,52?,53?,54?,55-,56-,57+,58+,59+,60-,61-,62-,63-,64?/m1/s1. The molecule has 4 rings (SSSR count). The van der Waals surface area contributed by atoms with Gasteiger partial charge in [-0.2, -0.15) is 0 Å². The van der Waals surface area contributed by atoms with Gasteiger partial charge >= 0.3 is 0 Å². The van der Waals surface area contributed by atoms with Crippen LogP contribution in [0.5, 0.6) is 0 Å². The average molecular weight is 1670 g/mol. The Bertz CT molecular complexity index is 2620. The predicted octanol–water partition coefficient (Wildman–Crippen LogP) is 0.417. The normalized spacial score (nSPS) is 31.2. The van der Waals surface area contributed by atoms with E-state index in [1.807, 2.05) is 6.92 Å². The maximum atomic E-state index is 13.7. The molecule has 0 aromatic heterocycles. The minimum Gasteiger partial charge on any atom is -0.778 e. The average Bonchev–Trinajstić information content (AvgIpc) is 1.12. The van der Waals surface area contributed by atoms with Gasteiger partial charge in [-0.05, 0) is 76.5 Å². The summed E-state index contributed by atoms with van der Waals surface area (Å²) in [6, 6.07) is -1.11. The first-order valence-corrected chi connectivity index (χ1v) is 44.6. The zero-order chi connectivity index (χ0) is 80.1. The van der Waals surface area contributed by atoms with Crippen LogP contribution in [0.2, 0.25) is 0 Å². The molecule has 44 heteroatoms. The van der Waals surface area contributed by atoms with Crippen molar-refractivity contribution < 1.29 is 181 Å². The Morgan fingerprint density at radius 2 is 0.769 bits per heavy atom. The molecule has 0 bridgehead atoms. The van der Waals surface area contributed by atoms with E-state index in [4.69, 9.17) is 83.3 Å². The van der Waals surface area contributed by atoms with Crippen molar-refractivity contribution in [3.63, 3.8) is 0 Å². The second kappa shape index (κ2) is 51.5. The Morgan fingerprint density at radius 1 is 0.435 bits per heavy atom. The summed E-state index contributed by atoms with van der Waals surface area (Å²) in [5, 5.41) is 92.5. The summed E-state index contributed by atoms with van der Waals surface area (Å²) in [5.74, 6) is -2.37. The molecule has 3 heterocycles. The number of aliphatic hydroxyl groups excluding tert-OH is 9. The van der Waals surface area contributed by atoms with Crippen molar-refractivity contribution in [3.8, 4) is 0 Å². The lowest BCUT2D eigenvalue weighted by atomic mass is 9.92. The van der Waals surface area contributed by atoms with Crippen molar-refractivity contribution in [2.45, 2.75) is 242 Å². The summed E-state index contributed by atoms with van der Waals surface area (Å²) in [6.45, 7) is 2.97. The van der Waals surface area contributed by atoms with Crippen LogP contribution in [0, 0.1) is 29.1 Å². The summed E-state index contributed by atoms with van der Waals surface area (Å²) in [4.78, 5) is 76.4. The fraction of sp³-hybridized carbons (Fsp3) is 0.984. The molecule has 4 aliphatic rings. The highest BCUT2D eigenvalue weighted by Gasteiger charge is 2.47. The molecule has 1 saturated carbocycles. The van der Waals surface area contributed by atoms with Crippen molar-refractivity contribution in [1.29, 1.82) is 0 Å². The third kappa shape index (κ3) is 37.7. The van der Waals surface area contributed by atoms with Gasteiger partial charge in [0.15, 0.2) is 18.9 Å². The van der Waals surface area contributed by atoms with Crippen LogP contribution in [0.15, 0.2) is 0 Å². The molecule has 12 unspecified atom stereocenters. The van der Waals surface area contributed by atoms with E-state index in [0.717, 1.165) is 0 Å². The van der Waals surface area contributed by atoms with Crippen molar-refractivity contribution in [3.05, 3.63) is 0 Å². The molecule has 39 nitrogen and oxygen atoms in total. The Morgan fingerprint density at radius 3 is 1.13 bits per heavy atom. The molecule has 3 aliphatic heterocycles. The third-order valence-corrected chi connectivity index (χ3v) is 24.1. The molecule has 0 aromatic rings. The number of rotatable bonds is 61. The zero-order valence-corrected chi connectivity index (χ0v) is 67.2. The number of hydrogen-bond acceptors (Lipinski definition) is 38. The number of nitrogens with one attached hydrogen (secondary N) is 1. The van der Waals surface area contributed by atoms with Crippen LogP contribution < -0.4 is 29.8 Å². The zero-order valence-electron chi connectivity index (χ0n) is 62.7. The van der Waals surface area contributed by atoms with Crippen LogP contribution in [0.4, 0.5) is 0 Å². The number of phosphoric ester groups is 4. The molecule has 1 aliphatic carbocycles. The van der Waals surface area contributed by atoms with Gasteiger partial charge in [-0.1, -0.05) is 73.1 Å². The Kier molecular flexibility index (Phi) is 47.6. The molecule has 23 atom stereocenters. The number of carbonyl (C=O) groups is 1. The summed E-state index contributed by atoms with van der Waals surface area (Å²) in [5.41, 5.74) is -2.47. The molecule has 640 valence electrons. The largest absolute Gasteiger partial charge is 0.778 e. The molecular weight excluding hydrogens is 1550 g/mol. The second-order valence-corrected chi connectivity index (χ2v) is 36.1. The first-order valence-electron chi connectivity index (χ1n) is 37.1. The van der Waals surface area contributed by atoms with Crippen LogP contribution >= 0.6 is 38.9 Å². The second-order valence-electron chi connectivity index (χ2n) is 28.1. The lowest BCUT2D eigenvalue weighted by Crippen LogP contribution is -2.64. The van der Waals surface area contributed by atoms with E-state index in [1.165, 1.54) is 20.8 Å². The Labute approximate surface area is 632 Å². The monoisotopic (exact) mass is 1670 g/mol. The van der Waals surface area contributed by atoms with Crippen LogP contribution in [0.3, 0.4) is 0 Å². The molecule has 0 aromatic carbocycles. The molecule has 1 amide bonds. The maximum absolute atomic E-state index is 13.7. The van der Waals surface area contributed by atoms with E-state index >= 15 is 0 Å². The van der Waals surface area contributed by atoms with Gasteiger partial charge in [0, 0.05) is 70.0 Å². The number of amides is 1. The molecule has 3 saturated heterocycles. The Hall–Kier alpha value is -0.660. The van der Waals surface area contributed by atoms with Crippen molar-refractivity contribution in [2.75, 3.05) is 132 Å². The SMILES string of the molecule is CC(=O)NC1[C@H](OCCCCCCOP(=O)([O-])OCCCOCC(COCCCOP(=O)([O-])OCCCCCCO[C@@H]2OC(CO)[C@H](O)[C@H](O)C2C)(COCCCOP(=O)([O-])OCCCCCCO[C@@H]2OC(CO)[C@H](O)[C@H](O)C2C)COP(=O)([O-])OC[C@H]2C[C@@H](C)CC2OP(=O)([O-])C(C)C)OC(CO)[C@H](O)[C@@H]1O. The minimum absolute atomic E-state index is 0.0544. The highest BCUT2D eigenvalue weighted by molar-refractivity contribution is 7.52. The summed E-state index contributed by atoms with van der Waals surface area (Å²) in [7, 11) is -24.1. The first kappa shape index (κ1) is 99.7. The Balaban J connectivity index is 1.34. The highest BCUT2D eigenvalue weighted by atomic mass is 31.2. The molecule has 0 radical (unpaired) electrons. The van der Waals surface area contributed by atoms with Gasteiger partial charge < -0.3 is 164 Å². The van der Waals surface area contributed by atoms with Crippen molar-refractivity contribution in [1.82, 2.24) is 5.32 Å². The van der Waals surface area contributed by atoms with Gasteiger partial charge in [-0.3, -0.25) is 23.1 Å². The van der Waals surface area contributed by atoms with Crippen molar-refractivity contribution in [2.24, 2.45) is 29.1 Å². The third-order valence-electron chi connectivity index (χ3n) is 18.4. The van der Waals surface area contributed by atoms with Gasteiger partial charge in [-0.15, -0.1) is 0 Å². The van der Waals surface area contributed by atoms with Crippen LogP contribution in [-0.4, -0.2) is 276 Å². The fourth-order valence-corrected chi connectivity index (χ4v) is 16.0. The van der Waals surface area contributed by atoms with Crippen LogP contribution in [-0.2, 0) is 111 Å². The smallest absolute Gasteiger partial charge is 0.267 e. The molecule has 10 N–H and O–H groups in total. The summed E-state index contributed by atoms with van der Waals surface area (Å²) < 4.78 is 163. The quantitative estimate of drug-likeness (QED) is 0.0291. The van der Waals surface area contributed by atoms with Gasteiger partial charge in [0.1, 0.15) is 56.4 Å². The van der Waals surface area contributed by atoms with E-state index < -0.39 is 232 Å². The highest BCUT2D eigenvalue weighted by Crippen LogP contribution is 2.51. The van der Waals surface area contributed by atoms with Crippen LogP contribution in [0.1, 0.15) is 151 Å². The molecule has 4 fully saturated rings. The van der Waals surface area contributed by atoms with E-state index in [1.54, 1.807) is 13.8 Å². The number of ether oxygens (including phenoxy) is 9. The number of carbonyl (C=O) groups excluding carboxylic acids is 1. The van der Waals surface area contributed by atoms with E-state index in [2.05, 4.69) is 5.32 Å². The molecule has 108 heavy (non-hydrogen) atoms. The summed E-state index contributed by atoms with van der Waals surface area (Å²) in [6.07, 6.45) is -8.51. The maximum Gasteiger partial charge on any atom is 0.267 e. The molecule has 0 spiro atoms. The lowest BCUT2D eigenvalue weighted by molar-refractivity contribution is -0.282. The number of aliphatic hydroxyl groups is 9. The number of phosphoric acid groups is 4.